The van der Waals surface area contributed by atoms with Crippen molar-refractivity contribution in [2.24, 2.45) is 0 Å². The van der Waals surface area contributed by atoms with Gasteiger partial charge in [-0.15, -0.1) is 0 Å². The molecule has 2 aromatic carbocycles. The number of morpholine rings is 1. The van der Waals surface area contributed by atoms with Crippen LogP contribution < -0.4 is 10.2 Å². The number of ether oxygens (including phenoxy) is 2. The van der Waals surface area contributed by atoms with E-state index >= 15 is 0 Å². The van der Waals surface area contributed by atoms with Crippen LogP contribution in [0.2, 0.25) is 0 Å². The van der Waals surface area contributed by atoms with Gasteiger partial charge in [0, 0.05) is 66.9 Å². The normalized spacial score (nSPS) is 21.8. The van der Waals surface area contributed by atoms with Gasteiger partial charge in [-0.2, -0.15) is 0 Å². The number of nitrogens with one attached hydrogen (secondary N) is 1. The molecule has 1 aromatic heterocycles. The second-order valence-electron chi connectivity index (χ2n) is 10.7. The number of fused-ring (bicyclic) bond motifs is 5. The molecule has 11 nitrogen and oxygen atoms in total. The molecule has 0 radical (unpaired) electrons. The number of aliphatic hydroxyl groups excluding tert-OH is 1. The Morgan fingerprint density at radius 2 is 1.90 bits per heavy atom. The largest absolute Gasteiger partial charge is 0.492 e. The van der Waals surface area contributed by atoms with E-state index in [1.807, 2.05) is 29.2 Å². The Labute approximate surface area is 232 Å². The van der Waals surface area contributed by atoms with Gasteiger partial charge < -0.3 is 24.0 Å². The van der Waals surface area contributed by atoms with Crippen LogP contribution in [0.4, 0.5) is 0 Å². The van der Waals surface area contributed by atoms with E-state index in [9.17, 15) is 14.7 Å². The van der Waals surface area contributed by atoms with Crippen molar-refractivity contribution in [2.75, 3.05) is 59.6 Å². The first-order valence-corrected chi connectivity index (χ1v) is 13.7. The second-order valence-corrected chi connectivity index (χ2v) is 10.7. The fraction of sp³-hybridized carbons (Fsp3) is 0.448. The highest BCUT2D eigenvalue weighted by Crippen LogP contribution is 2.43. The maximum atomic E-state index is 13.0. The molecule has 40 heavy (non-hydrogen) atoms. The quantitative estimate of drug-likeness (QED) is 0.297. The molecule has 3 aliphatic heterocycles. The van der Waals surface area contributed by atoms with Gasteiger partial charge in [0.2, 0.25) is 5.91 Å². The van der Waals surface area contributed by atoms with Crippen LogP contribution in [-0.2, 0) is 22.5 Å². The van der Waals surface area contributed by atoms with Gasteiger partial charge in [0.1, 0.15) is 18.6 Å². The maximum Gasteiger partial charge on any atom is 0.274 e. The van der Waals surface area contributed by atoms with E-state index in [2.05, 4.69) is 15.5 Å². The number of nitrogens with zero attached hydrogens (tertiary/aromatic N) is 4. The number of hydrogen-bond acceptors (Lipinski definition) is 8. The Morgan fingerprint density at radius 3 is 2.65 bits per heavy atom. The van der Waals surface area contributed by atoms with Crippen LogP contribution in [0, 0.1) is 0 Å². The number of carbonyl (C=O) groups excluding carboxylic acids is 2. The average molecular weight is 550 g/mol. The van der Waals surface area contributed by atoms with Crippen molar-refractivity contribution < 1.29 is 29.4 Å². The third kappa shape index (κ3) is 4.95. The number of aliphatic hydroxyl groups is 1. The van der Waals surface area contributed by atoms with E-state index in [0.717, 1.165) is 66.3 Å². The third-order valence-electron chi connectivity index (χ3n) is 8.28. The number of piperazine rings is 1. The van der Waals surface area contributed by atoms with Crippen molar-refractivity contribution in [1.29, 1.82) is 0 Å². The molecule has 3 N–H and O–H groups in total. The van der Waals surface area contributed by atoms with Crippen molar-refractivity contribution in [3.05, 3.63) is 64.8 Å². The summed E-state index contributed by atoms with van der Waals surface area (Å²) in [5.74, 6) is 0.207. The van der Waals surface area contributed by atoms with Gasteiger partial charge in [0.05, 0.1) is 25.8 Å². The fourth-order valence-corrected chi connectivity index (χ4v) is 6.16. The Balaban J connectivity index is 1.36. The van der Waals surface area contributed by atoms with Crippen molar-refractivity contribution in [3.8, 4) is 5.75 Å². The minimum absolute atomic E-state index is 0.0139. The van der Waals surface area contributed by atoms with E-state index in [1.54, 1.807) is 29.6 Å². The zero-order valence-electron chi connectivity index (χ0n) is 22.6. The lowest BCUT2D eigenvalue weighted by Crippen LogP contribution is -2.58. The second kappa shape index (κ2) is 11.2. The van der Waals surface area contributed by atoms with Crippen molar-refractivity contribution in [2.45, 2.75) is 25.2 Å². The highest BCUT2D eigenvalue weighted by molar-refractivity contribution is 5.93. The van der Waals surface area contributed by atoms with E-state index in [4.69, 9.17) is 14.7 Å². The van der Waals surface area contributed by atoms with Crippen molar-refractivity contribution in [3.63, 3.8) is 0 Å². The molecule has 0 saturated carbocycles. The number of likely N-dealkylation sites (N-methyl/N-ethyl adjacent to an activating group) is 1. The summed E-state index contributed by atoms with van der Waals surface area (Å²) in [6.45, 7) is 5.96. The molecule has 2 atom stereocenters. The minimum Gasteiger partial charge on any atom is -0.492 e. The van der Waals surface area contributed by atoms with Crippen LogP contribution >= 0.6 is 0 Å². The number of benzene rings is 2. The summed E-state index contributed by atoms with van der Waals surface area (Å²) in [7, 11) is 1.78. The topological polar surface area (TPSA) is 120 Å². The lowest BCUT2D eigenvalue weighted by molar-refractivity contribution is -0.157. The van der Waals surface area contributed by atoms with Crippen LogP contribution in [0.3, 0.4) is 0 Å². The molecule has 3 aliphatic rings. The maximum absolute atomic E-state index is 13.0. The van der Waals surface area contributed by atoms with Gasteiger partial charge >= 0.3 is 0 Å². The molecule has 2 fully saturated rings. The highest BCUT2D eigenvalue weighted by atomic mass is 16.5. The number of aromatic nitrogens is 1. The third-order valence-corrected chi connectivity index (χ3v) is 8.28. The molecule has 2 unspecified atom stereocenters. The van der Waals surface area contributed by atoms with Crippen LogP contribution in [0.15, 0.2) is 42.5 Å². The number of carbonyl (C=O) groups is 2. The molecule has 0 aliphatic carbocycles. The Kier molecular flexibility index (Phi) is 7.47. The predicted molar refractivity (Wildman–Crippen MR) is 146 cm³/mol. The predicted octanol–water partition coefficient (Wildman–Crippen LogP) is 1.21. The van der Waals surface area contributed by atoms with Gasteiger partial charge in [-0.3, -0.25) is 24.6 Å². The molecule has 2 saturated heterocycles. The average Bonchev–Trinajstić information content (AvgIpc) is 3.29. The molecule has 3 aromatic rings. The van der Waals surface area contributed by atoms with Crippen molar-refractivity contribution >= 4 is 22.7 Å². The van der Waals surface area contributed by atoms with Crippen LogP contribution in [0.25, 0.3) is 10.9 Å². The Morgan fingerprint density at radius 1 is 1.12 bits per heavy atom. The first-order valence-electron chi connectivity index (χ1n) is 13.7. The summed E-state index contributed by atoms with van der Waals surface area (Å²) in [4.78, 5) is 30.6. The smallest absolute Gasteiger partial charge is 0.274 e. The zero-order valence-corrected chi connectivity index (χ0v) is 22.6. The van der Waals surface area contributed by atoms with E-state index < -0.39 is 18.2 Å². The summed E-state index contributed by atoms with van der Waals surface area (Å²) in [6, 6.07) is 12.7. The van der Waals surface area contributed by atoms with E-state index in [-0.39, 0.29) is 12.5 Å². The lowest BCUT2D eigenvalue weighted by Gasteiger charge is -2.46. The summed E-state index contributed by atoms with van der Waals surface area (Å²) < 4.78 is 13.9. The molecule has 6 rings (SSSR count). The Hall–Kier alpha value is -3.48. The molecule has 4 heterocycles. The summed E-state index contributed by atoms with van der Waals surface area (Å²) >= 11 is 0. The van der Waals surface area contributed by atoms with Crippen LogP contribution in [0.5, 0.6) is 5.75 Å². The number of hydrogen-bond donors (Lipinski definition) is 3. The van der Waals surface area contributed by atoms with Gasteiger partial charge in [0.15, 0.2) is 0 Å². The standard InChI is InChI=1S/C29H35N5O6/c1-31-18-25(35)33-9-8-24-26(27(33)29(31)37)22-16-21(40-15-12-32-10-13-39-14-11-32)6-7-23(22)34(24)17-19-2-4-20(5-3-19)28(36)30-38/h2-7,16,27,29,37-38H,8-15,17-18H2,1H3,(H,30,36). The molecule has 11 heteroatoms. The molecule has 0 bridgehead atoms. The SMILES string of the molecule is CN1CC(=O)N2CCc3c(c4cc(OCCN5CCOCC5)ccc4n3Cc3ccc(C(=O)NO)cc3)C2C1O. The number of rotatable bonds is 7. The summed E-state index contributed by atoms with van der Waals surface area (Å²) in [6.07, 6.45) is -0.154. The molecular formula is C29H35N5O6. The van der Waals surface area contributed by atoms with E-state index in [0.29, 0.717) is 31.7 Å². The minimum atomic E-state index is -0.821. The molecule has 212 valence electrons. The van der Waals surface area contributed by atoms with Gasteiger partial charge in [-0.25, -0.2) is 5.48 Å². The lowest BCUT2D eigenvalue weighted by atomic mass is 9.92. The molecular weight excluding hydrogens is 514 g/mol. The van der Waals surface area contributed by atoms with E-state index in [1.165, 1.54) is 0 Å². The number of amides is 2. The first-order chi connectivity index (χ1) is 19.4. The van der Waals surface area contributed by atoms with Crippen molar-refractivity contribution in [1.82, 2.24) is 24.7 Å². The summed E-state index contributed by atoms with van der Waals surface area (Å²) in [5.41, 5.74) is 6.06. The van der Waals surface area contributed by atoms with Gasteiger partial charge in [-0.05, 0) is 42.9 Å². The Bertz CT molecular complexity index is 1400. The van der Waals surface area contributed by atoms with Gasteiger partial charge in [0.25, 0.3) is 5.91 Å². The molecule has 2 amide bonds. The molecule has 0 spiro atoms. The summed E-state index contributed by atoms with van der Waals surface area (Å²) in [5, 5.41) is 21.2. The first kappa shape index (κ1) is 26.7. The highest BCUT2D eigenvalue weighted by Gasteiger charge is 2.44. The monoisotopic (exact) mass is 549 g/mol. The zero-order chi connectivity index (χ0) is 27.8. The number of hydroxylamine groups is 1. The fourth-order valence-electron chi connectivity index (χ4n) is 6.16. The van der Waals surface area contributed by atoms with Crippen LogP contribution in [-0.4, -0.2) is 107 Å². The van der Waals surface area contributed by atoms with Crippen LogP contribution in [0.1, 0.15) is 33.2 Å². The van der Waals surface area contributed by atoms with Gasteiger partial charge in [-0.1, -0.05) is 12.1 Å².